The van der Waals surface area contributed by atoms with Crippen molar-refractivity contribution in [2.45, 2.75) is 146 Å². The second kappa shape index (κ2) is 11.8. The van der Waals surface area contributed by atoms with E-state index >= 15 is 0 Å². The van der Waals surface area contributed by atoms with Crippen LogP contribution in [0.4, 0.5) is 0 Å². The number of furan rings is 1. The van der Waals surface area contributed by atoms with Gasteiger partial charge < -0.3 is 52.5 Å². The summed E-state index contributed by atoms with van der Waals surface area (Å²) in [6.45, 7) is 10.5. The number of esters is 6. The van der Waals surface area contributed by atoms with E-state index in [1.807, 2.05) is 0 Å². The number of carbonyl (C=O) groups is 6. The number of hydrogen-bond acceptors (Lipinski definition) is 17. The summed E-state index contributed by atoms with van der Waals surface area (Å²) in [5.41, 5.74) is -14.8. The van der Waals surface area contributed by atoms with Gasteiger partial charge in [0.25, 0.3) is 0 Å². The van der Waals surface area contributed by atoms with Gasteiger partial charge >= 0.3 is 35.8 Å². The molecule has 4 aliphatic carbocycles. The zero-order valence-electron chi connectivity index (χ0n) is 32.5. The van der Waals surface area contributed by atoms with E-state index < -0.39 is 136 Å². The molecule has 17 heteroatoms. The molecule has 306 valence electrons. The van der Waals surface area contributed by atoms with Gasteiger partial charge in [-0.15, -0.1) is 0 Å². The molecule has 1 unspecified atom stereocenters. The number of fused-ring (bicyclic) bond motifs is 4. The highest BCUT2D eigenvalue weighted by Crippen LogP contribution is 2.88. The van der Waals surface area contributed by atoms with Crippen molar-refractivity contribution in [3.05, 3.63) is 24.2 Å². The molecule has 7 fully saturated rings. The monoisotopic (exact) mass is 788 g/mol. The Morgan fingerprint density at radius 2 is 1.62 bits per heavy atom. The minimum Gasteiger partial charge on any atom is -0.472 e. The van der Waals surface area contributed by atoms with Gasteiger partial charge in [0.1, 0.15) is 35.6 Å². The largest absolute Gasteiger partial charge is 0.472 e. The molecule has 15 atom stereocenters. The average molecular weight is 789 g/mol. The van der Waals surface area contributed by atoms with Crippen molar-refractivity contribution in [2.24, 2.45) is 28.1 Å². The van der Waals surface area contributed by atoms with E-state index in [4.69, 9.17) is 42.3 Å². The lowest BCUT2D eigenvalue weighted by atomic mass is 9.32. The first kappa shape index (κ1) is 38.8. The zero-order valence-corrected chi connectivity index (χ0v) is 32.5. The summed E-state index contributed by atoms with van der Waals surface area (Å²) >= 11 is 0. The third-order valence-corrected chi connectivity index (χ3v) is 14.7. The van der Waals surface area contributed by atoms with Crippen LogP contribution in [0.5, 0.6) is 0 Å². The predicted molar refractivity (Wildman–Crippen MR) is 181 cm³/mol. The summed E-state index contributed by atoms with van der Waals surface area (Å²) in [6, 6.07) is 1.55. The molecule has 8 rings (SSSR count). The first-order chi connectivity index (χ1) is 26.2. The van der Waals surface area contributed by atoms with Crippen molar-refractivity contribution in [1.82, 2.24) is 0 Å². The van der Waals surface area contributed by atoms with Crippen LogP contribution in [0.25, 0.3) is 0 Å². The van der Waals surface area contributed by atoms with Crippen molar-refractivity contribution >= 4 is 35.8 Å². The van der Waals surface area contributed by atoms with Gasteiger partial charge in [0.15, 0.2) is 24.1 Å². The molecule has 1 aromatic heterocycles. The van der Waals surface area contributed by atoms with Gasteiger partial charge in [-0.3, -0.25) is 28.8 Å². The van der Waals surface area contributed by atoms with Gasteiger partial charge in [0.05, 0.1) is 23.4 Å². The Morgan fingerprint density at radius 3 is 2.20 bits per heavy atom. The fraction of sp³-hybridized carbons (Fsp3) is 0.744. The molecule has 3 aliphatic heterocycles. The standard InChI is InChI=1S/C39H48O17/c1-9-25(44)53-28-29(51-19(4)41)39(47)35-17-49-26(45)13-23(35)32(7)16-36(35,46)38(54-21(6)43,30(32)52-20(5)42)31-37(39)24(14-34(10-2,55-31)56-37)33(28,8)27(50-18(3)40)22-11-12-48-15-22/h11-12,15,23-24,27-31,46-47H,9-10,13-14,16-17H2,1-8H3/t23?,24-,27+,28+,29-,30+,31+,32-,33-,34+,35-,36-,37-,38+,39+/m1/s1. The van der Waals surface area contributed by atoms with E-state index in [9.17, 15) is 39.0 Å². The lowest BCUT2D eigenvalue weighted by Gasteiger charge is -2.77. The third kappa shape index (κ3) is 4.09. The summed E-state index contributed by atoms with van der Waals surface area (Å²) < 4.78 is 56.6. The fourth-order valence-electron chi connectivity index (χ4n) is 13.3. The summed E-state index contributed by atoms with van der Waals surface area (Å²) in [5, 5.41) is 28.4. The maximum Gasteiger partial charge on any atom is 0.306 e. The number of ether oxygens (including phenoxy) is 8. The molecule has 1 aromatic rings. The van der Waals surface area contributed by atoms with Gasteiger partial charge in [-0.25, -0.2) is 0 Å². The minimum absolute atomic E-state index is 0.0635. The number of aliphatic hydroxyl groups is 2. The van der Waals surface area contributed by atoms with E-state index in [0.717, 1.165) is 20.8 Å². The number of hydrogen-bond donors (Lipinski definition) is 2. The highest BCUT2D eigenvalue weighted by atomic mass is 16.8. The van der Waals surface area contributed by atoms with Crippen molar-refractivity contribution in [1.29, 1.82) is 0 Å². The number of rotatable bonds is 9. The summed E-state index contributed by atoms with van der Waals surface area (Å²) in [6.07, 6.45) is -6.33. The number of cyclic esters (lactones) is 1. The lowest BCUT2D eigenvalue weighted by Crippen LogP contribution is -2.98. The van der Waals surface area contributed by atoms with Crippen LogP contribution in [0, 0.1) is 28.1 Å². The van der Waals surface area contributed by atoms with Crippen molar-refractivity contribution in [2.75, 3.05) is 6.61 Å². The van der Waals surface area contributed by atoms with Gasteiger partial charge in [-0.2, -0.15) is 0 Å². The van der Waals surface area contributed by atoms with Crippen LogP contribution in [0.15, 0.2) is 23.0 Å². The van der Waals surface area contributed by atoms with Crippen LogP contribution >= 0.6 is 0 Å². The van der Waals surface area contributed by atoms with E-state index in [1.54, 1.807) is 33.8 Å². The second-order valence-electron chi connectivity index (χ2n) is 17.2. The Labute approximate surface area is 321 Å². The molecule has 4 saturated carbocycles. The molecular weight excluding hydrogens is 740 g/mol. The van der Waals surface area contributed by atoms with E-state index in [-0.39, 0.29) is 25.7 Å². The fourth-order valence-corrected chi connectivity index (χ4v) is 13.3. The van der Waals surface area contributed by atoms with E-state index in [1.165, 1.54) is 19.5 Å². The SMILES string of the molecule is CCC(=O)O[C@H]1[C@@H](OC(C)=O)[C@@]2(O)[C@@]34O[C@@](CC)(C[C@@H]3[C@]1(C)[C@@H](OC(C)=O)c1ccoc1)O[C@@H]4[C@@]1(OC(C)=O)[C@@H](OC(C)=O)[C@]3(C)C[C@@]1(O)[C@]21COC(=O)CC13. The summed E-state index contributed by atoms with van der Waals surface area (Å²) in [5.74, 6) is -8.74. The molecule has 0 aromatic carbocycles. The molecule has 3 saturated heterocycles. The number of carbonyl (C=O) groups excluding carboxylic acids is 6. The van der Waals surface area contributed by atoms with E-state index in [0.29, 0.717) is 5.56 Å². The smallest absolute Gasteiger partial charge is 0.306 e. The molecule has 4 heterocycles. The Kier molecular flexibility index (Phi) is 8.15. The topological polar surface area (TPSA) is 230 Å². The highest BCUT2D eigenvalue weighted by Gasteiger charge is 3.05. The quantitative estimate of drug-likeness (QED) is 0.270. The molecule has 0 amide bonds. The summed E-state index contributed by atoms with van der Waals surface area (Å²) in [4.78, 5) is 80.3. The molecule has 17 nitrogen and oxygen atoms in total. The van der Waals surface area contributed by atoms with Crippen LogP contribution in [-0.4, -0.2) is 105 Å². The Hall–Kier alpha value is -4.06. The zero-order chi connectivity index (χ0) is 40.8. The maximum atomic E-state index is 14.5. The van der Waals surface area contributed by atoms with Crippen LogP contribution < -0.4 is 0 Å². The lowest BCUT2D eigenvalue weighted by molar-refractivity contribution is -0.449. The molecule has 4 bridgehead atoms. The van der Waals surface area contributed by atoms with Crippen LogP contribution in [0.2, 0.25) is 0 Å². The van der Waals surface area contributed by atoms with Gasteiger partial charge in [0, 0.05) is 63.9 Å². The molecule has 7 aliphatic rings. The Balaban J connectivity index is 1.55. The maximum absolute atomic E-state index is 14.5. The predicted octanol–water partition coefficient (Wildman–Crippen LogP) is 2.12. The van der Waals surface area contributed by atoms with Crippen molar-refractivity contribution in [3.63, 3.8) is 0 Å². The molecular formula is C39H48O17. The van der Waals surface area contributed by atoms with E-state index in [2.05, 4.69) is 0 Å². The first-order valence-electron chi connectivity index (χ1n) is 19.1. The van der Waals surface area contributed by atoms with Gasteiger partial charge in [-0.05, 0) is 24.8 Å². The highest BCUT2D eigenvalue weighted by molar-refractivity contribution is 5.75. The van der Waals surface area contributed by atoms with Gasteiger partial charge in [-0.1, -0.05) is 27.7 Å². The molecule has 2 N–H and O–H groups in total. The summed E-state index contributed by atoms with van der Waals surface area (Å²) in [7, 11) is 0. The van der Waals surface area contributed by atoms with Crippen molar-refractivity contribution < 1.29 is 81.3 Å². The Bertz CT molecular complexity index is 1910. The molecule has 56 heavy (non-hydrogen) atoms. The average Bonchev–Trinajstić information content (AvgIpc) is 3.92. The molecule has 0 radical (unpaired) electrons. The normalized spacial score (nSPS) is 47.9. The first-order valence-corrected chi connectivity index (χ1v) is 19.1. The van der Waals surface area contributed by atoms with Crippen LogP contribution in [0.3, 0.4) is 0 Å². The second-order valence-corrected chi connectivity index (χ2v) is 17.2. The molecule has 2 spiro atoms. The Morgan fingerprint density at radius 1 is 0.929 bits per heavy atom. The minimum atomic E-state index is -2.72. The van der Waals surface area contributed by atoms with Gasteiger partial charge in [0.2, 0.25) is 5.60 Å². The van der Waals surface area contributed by atoms with Crippen LogP contribution in [0.1, 0.15) is 99.2 Å². The third-order valence-electron chi connectivity index (χ3n) is 14.7. The van der Waals surface area contributed by atoms with Crippen molar-refractivity contribution in [3.8, 4) is 0 Å². The van der Waals surface area contributed by atoms with Crippen LogP contribution in [-0.2, 0) is 66.7 Å².